The molecule has 8 heteroatoms. The van der Waals surface area contributed by atoms with E-state index >= 15 is 0 Å². The smallest absolute Gasteiger partial charge is 0.295 e. The summed E-state index contributed by atoms with van der Waals surface area (Å²) in [7, 11) is 1.94. The van der Waals surface area contributed by atoms with Gasteiger partial charge in [0.2, 0.25) is 0 Å². The van der Waals surface area contributed by atoms with Gasteiger partial charge in [-0.25, -0.2) is 0 Å². The van der Waals surface area contributed by atoms with Crippen LogP contribution in [0.15, 0.2) is 48.0 Å². The third-order valence-electron chi connectivity index (χ3n) is 6.14. The summed E-state index contributed by atoms with van der Waals surface area (Å²) in [6.45, 7) is 7.96. The SMILES string of the molecule is CCOc1cccc(C2/C(=C(/O)c3ccc4c(c3)N(C)CCO4)C(=O)C(=O)N2CCOC(C)C)c1. The normalized spacial score (nSPS) is 19.2. The highest BCUT2D eigenvalue weighted by Gasteiger charge is 2.46. The minimum Gasteiger partial charge on any atom is -0.507 e. The summed E-state index contributed by atoms with van der Waals surface area (Å²) in [4.78, 5) is 29.9. The van der Waals surface area contributed by atoms with Gasteiger partial charge in [-0.05, 0) is 56.7 Å². The quantitative estimate of drug-likeness (QED) is 0.350. The van der Waals surface area contributed by atoms with Crippen LogP contribution in [0.3, 0.4) is 0 Å². The number of aliphatic hydroxyl groups is 1. The van der Waals surface area contributed by atoms with Crippen LogP contribution in [0.25, 0.3) is 5.76 Å². The number of hydrogen-bond acceptors (Lipinski definition) is 7. The van der Waals surface area contributed by atoms with Gasteiger partial charge < -0.3 is 29.1 Å². The van der Waals surface area contributed by atoms with Crippen LogP contribution in [-0.4, -0.2) is 67.8 Å². The Labute approximate surface area is 205 Å². The van der Waals surface area contributed by atoms with Crippen LogP contribution in [-0.2, 0) is 14.3 Å². The molecule has 1 fully saturated rings. The van der Waals surface area contributed by atoms with Crippen molar-refractivity contribution in [2.75, 3.05) is 44.9 Å². The van der Waals surface area contributed by atoms with Crippen LogP contribution in [0.1, 0.15) is 37.9 Å². The van der Waals surface area contributed by atoms with E-state index in [4.69, 9.17) is 14.2 Å². The molecule has 1 atom stereocenters. The lowest BCUT2D eigenvalue weighted by atomic mass is 9.95. The molecule has 0 radical (unpaired) electrons. The number of ether oxygens (including phenoxy) is 3. The number of amides is 1. The Morgan fingerprint density at radius 3 is 2.74 bits per heavy atom. The van der Waals surface area contributed by atoms with Gasteiger partial charge >= 0.3 is 0 Å². The molecule has 1 saturated heterocycles. The topological polar surface area (TPSA) is 88.5 Å². The number of anilines is 1. The minimum absolute atomic E-state index is 0.0127. The molecule has 35 heavy (non-hydrogen) atoms. The molecule has 0 saturated carbocycles. The zero-order valence-corrected chi connectivity index (χ0v) is 20.6. The first-order valence-corrected chi connectivity index (χ1v) is 11.9. The van der Waals surface area contributed by atoms with E-state index in [2.05, 4.69) is 0 Å². The number of hydrogen-bond donors (Lipinski definition) is 1. The van der Waals surface area contributed by atoms with Gasteiger partial charge in [0.15, 0.2) is 0 Å². The van der Waals surface area contributed by atoms with Gasteiger partial charge in [-0.3, -0.25) is 9.59 Å². The average Bonchev–Trinajstić information content (AvgIpc) is 3.09. The number of benzene rings is 2. The number of aliphatic hydroxyl groups excluding tert-OH is 1. The van der Waals surface area contributed by atoms with Crippen molar-refractivity contribution >= 4 is 23.1 Å². The van der Waals surface area contributed by atoms with Crippen molar-refractivity contribution in [2.45, 2.75) is 32.9 Å². The summed E-state index contributed by atoms with van der Waals surface area (Å²) in [6, 6.07) is 11.8. The van der Waals surface area contributed by atoms with Crippen LogP contribution in [0.4, 0.5) is 5.69 Å². The first kappa shape index (κ1) is 24.6. The molecule has 0 spiro atoms. The Balaban J connectivity index is 1.80. The van der Waals surface area contributed by atoms with Crippen molar-refractivity contribution in [2.24, 2.45) is 0 Å². The molecule has 186 valence electrons. The number of fused-ring (bicyclic) bond motifs is 1. The Bertz CT molecular complexity index is 1140. The monoisotopic (exact) mass is 480 g/mol. The summed E-state index contributed by atoms with van der Waals surface area (Å²) in [5.74, 6) is -0.265. The number of carbonyl (C=O) groups is 2. The Morgan fingerprint density at radius 1 is 1.20 bits per heavy atom. The van der Waals surface area contributed by atoms with E-state index < -0.39 is 17.7 Å². The van der Waals surface area contributed by atoms with Crippen LogP contribution in [0, 0.1) is 0 Å². The standard InChI is InChI=1S/C27H32N2O6/c1-5-33-20-8-6-7-18(15-20)24-23(26(31)27(32)29(24)12-14-34-17(2)3)25(30)19-9-10-22-21(16-19)28(4)11-13-35-22/h6-10,15-17,24,30H,5,11-14H2,1-4H3/b25-23-. The van der Waals surface area contributed by atoms with E-state index in [0.29, 0.717) is 42.4 Å². The van der Waals surface area contributed by atoms with E-state index in [1.165, 1.54) is 4.90 Å². The van der Waals surface area contributed by atoms with Crippen molar-refractivity contribution in [3.05, 3.63) is 59.2 Å². The van der Waals surface area contributed by atoms with E-state index in [1.54, 1.807) is 24.3 Å². The fourth-order valence-electron chi connectivity index (χ4n) is 4.44. The van der Waals surface area contributed by atoms with Crippen molar-refractivity contribution in [3.8, 4) is 11.5 Å². The molecule has 2 aliphatic heterocycles. The fraction of sp³-hybridized carbons (Fsp3) is 0.407. The molecule has 8 nitrogen and oxygen atoms in total. The largest absolute Gasteiger partial charge is 0.507 e. The van der Waals surface area contributed by atoms with E-state index in [0.717, 1.165) is 5.69 Å². The minimum atomic E-state index is -0.767. The molecule has 0 aliphatic carbocycles. The van der Waals surface area contributed by atoms with Crippen molar-refractivity contribution < 1.29 is 28.9 Å². The van der Waals surface area contributed by atoms with Crippen LogP contribution < -0.4 is 14.4 Å². The molecular formula is C27H32N2O6. The summed E-state index contributed by atoms with van der Waals surface area (Å²) >= 11 is 0. The van der Waals surface area contributed by atoms with E-state index in [-0.39, 0.29) is 30.6 Å². The van der Waals surface area contributed by atoms with Crippen molar-refractivity contribution in [3.63, 3.8) is 0 Å². The number of ketones is 1. The maximum absolute atomic E-state index is 13.3. The maximum atomic E-state index is 13.3. The Hall–Kier alpha value is -3.52. The molecule has 1 N–H and O–H groups in total. The van der Waals surface area contributed by atoms with Crippen LogP contribution >= 0.6 is 0 Å². The highest BCUT2D eigenvalue weighted by molar-refractivity contribution is 6.46. The highest BCUT2D eigenvalue weighted by atomic mass is 16.5. The number of likely N-dealkylation sites (N-methyl/N-ethyl adjacent to an activating group) is 1. The summed E-state index contributed by atoms with van der Waals surface area (Å²) in [6.07, 6.45) is -0.0127. The molecule has 2 heterocycles. The second-order valence-corrected chi connectivity index (χ2v) is 8.87. The molecule has 0 bridgehead atoms. The molecular weight excluding hydrogens is 448 g/mol. The van der Waals surface area contributed by atoms with E-state index in [9.17, 15) is 14.7 Å². The van der Waals surface area contributed by atoms with Crippen LogP contribution in [0.5, 0.6) is 11.5 Å². The summed E-state index contributed by atoms with van der Waals surface area (Å²) < 4.78 is 17.0. The zero-order chi connectivity index (χ0) is 25.1. The maximum Gasteiger partial charge on any atom is 0.295 e. The van der Waals surface area contributed by atoms with Gasteiger partial charge in [0, 0.05) is 19.2 Å². The first-order chi connectivity index (χ1) is 16.8. The van der Waals surface area contributed by atoms with Gasteiger partial charge in [-0.1, -0.05) is 12.1 Å². The molecule has 4 rings (SSSR count). The zero-order valence-electron chi connectivity index (χ0n) is 20.6. The van der Waals surface area contributed by atoms with Gasteiger partial charge in [-0.15, -0.1) is 0 Å². The van der Waals surface area contributed by atoms with E-state index in [1.807, 2.05) is 50.9 Å². The molecule has 2 aromatic rings. The lowest BCUT2D eigenvalue weighted by molar-refractivity contribution is -0.140. The summed E-state index contributed by atoms with van der Waals surface area (Å²) in [5, 5.41) is 11.4. The second kappa shape index (κ2) is 10.4. The predicted octanol–water partition coefficient (Wildman–Crippen LogP) is 3.76. The number of Topliss-reactive ketones (excluding diaryl/α,β-unsaturated/α-hetero) is 1. The molecule has 0 aromatic heterocycles. The van der Waals surface area contributed by atoms with Gasteiger partial charge in [0.1, 0.15) is 23.9 Å². The molecule has 1 amide bonds. The summed E-state index contributed by atoms with van der Waals surface area (Å²) in [5.41, 5.74) is 1.99. The third-order valence-corrected chi connectivity index (χ3v) is 6.14. The number of likely N-dealkylation sites (tertiary alicyclic amines) is 1. The van der Waals surface area contributed by atoms with Crippen molar-refractivity contribution in [1.82, 2.24) is 4.90 Å². The number of carbonyl (C=O) groups excluding carboxylic acids is 2. The number of rotatable bonds is 8. The lowest BCUT2D eigenvalue weighted by Gasteiger charge is -2.28. The molecule has 2 aromatic carbocycles. The second-order valence-electron chi connectivity index (χ2n) is 8.87. The molecule has 2 aliphatic rings. The van der Waals surface area contributed by atoms with Gasteiger partial charge in [0.25, 0.3) is 11.7 Å². The van der Waals surface area contributed by atoms with Crippen LogP contribution in [0.2, 0.25) is 0 Å². The van der Waals surface area contributed by atoms with Gasteiger partial charge in [0.05, 0.1) is 43.2 Å². The van der Waals surface area contributed by atoms with Crippen molar-refractivity contribution in [1.29, 1.82) is 0 Å². The Morgan fingerprint density at radius 2 is 2.00 bits per heavy atom. The fourth-order valence-corrected chi connectivity index (χ4v) is 4.44. The lowest BCUT2D eigenvalue weighted by Crippen LogP contribution is -2.33. The average molecular weight is 481 g/mol. The molecule has 1 unspecified atom stereocenters. The van der Waals surface area contributed by atoms with Gasteiger partial charge in [-0.2, -0.15) is 0 Å². The third kappa shape index (κ3) is 4.98. The Kier molecular flexibility index (Phi) is 7.31. The highest BCUT2D eigenvalue weighted by Crippen LogP contribution is 2.41. The number of nitrogens with zero attached hydrogens (tertiary/aromatic N) is 2. The first-order valence-electron chi connectivity index (χ1n) is 11.9. The predicted molar refractivity (Wildman–Crippen MR) is 133 cm³/mol.